The molecule has 0 atom stereocenters. The van der Waals surface area contributed by atoms with Gasteiger partial charge in [-0.3, -0.25) is 10.1 Å². The van der Waals surface area contributed by atoms with Gasteiger partial charge in [0, 0.05) is 18.0 Å². The Morgan fingerprint density at radius 1 is 1.33 bits per heavy atom. The lowest BCUT2D eigenvalue weighted by molar-refractivity contribution is -0.386. The molecule has 2 rings (SSSR count). The molecule has 1 heterocycles. The van der Waals surface area contributed by atoms with Gasteiger partial charge in [-0.1, -0.05) is 0 Å². The number of rotatable bonds is 3. The van der Waals surface area contributed by atoms with Crippen molar-refractivity contribution in [2.24, 2.45) is 0 Å². The van der Waals surface area contributed by atoms with Gasteiger partial charge in [-0.15, -0.1) is 0 Å². The Morgan fingerprint density at radius 3 is 2.61 bits per heavy atom. The highest BCUT2D eigenvalue weighted by atomic mass is 16.6. The summed E-state index contributed by atoms with van der Waals surface area (Å²) in [6, 6.07) is 7.96. The minimum absolute atomic E-state index is 0.0321. The van der Waals surface area contributed by atoms with Crippen molar-refractivity contribution in [2.45, 2.75) is 6.92 Å². The fourth-order valence-electron chi connectivity index (χ4n) is 1.40. The minimum Gasteiger partial charge on any atom is -0.434 e. The maximum absolute atomic E-state index is 10.9. The predicted octanol–water partition coefficient (Wildman–Crippen LogP) is 2.67. The van der Waals surface area contributed by atoms with E-state index in [0.29, 0.717) is 17.0 Å². The standard InChI is InChI=1S/C12H11N3O3/c1-8-6-11(15(16)17)12(14-7-8)18-10-4-2-9(13)3-5-10/h2-7H,13H2,1H3. The molecule has 2 aromatic rings. The zero-order valence-electron chi connectivity index (χ0n) is 9.66. The number of ether oxygens (including phenoxy) is 1. The van der Waals surface area contributed by atoms with Crippen LogP contribution in [-0.2, 0) is 0 Å². The maximum atomic E-state index is 10.9. The molecule has 2 N–H and O–H groups in total. The summed E-state index contributed by atoms with van der Waals surface area (Å²) in [6.45, 7) is 1.73. The van der Waals surface area contributed by atoms with Crippen molar-refractivity contribution in [3.8, 4) is 11.6 Å². The summed E-state index contributed by atoms with van der Waals surface area (Å²) in [6.07, 6.45) is 1.51. The van der Waals surface area contributed by atoms with Crippen molar-refractivity contribution in [1.29, 1.82) is 0 Å². The molecule has 0 saturated carbocycles. The zero-order valence-corrected chi connectivity index (χ0v) is 9.66. The SMILES string of the molecule is Cc1cnc(Oc2ccc(N)cc2)c([N+](=O)[O-])c1. The summed E-state index contributed by atoms with van der Waals surface area (Å²) >= 11 is 0. The largest absolute Gasteiger partial charge is 0.434 e. The molecule has 1 aromatic carbocycles. The normalized spacial score (nSPS) is 10.1. The number of aromatic nitrogens is 1. The average molecular weight is 245 g/mol. The summed E-state index contributed by atoms with van der Waals surface area (Å²) in [4.78, 5) is 14.3. The van der Waals surface area contributed by atoms with E-state index >= 15 is 0 Å². The van der Waals surface area contributed by atoms with Crippen LogP contribution in [0.4, 0.5) is 11.4 Å². The van der Waals surface area contributed by atoms with Crippen LogP contribution in [0.15, 0.2) is 36.5 Å². The summed E-state index contributed by atoms with van der Waals surface area (Å²) in [5.74, 6) is 0.416. The van der Waals surface area contributed by atoms with Gasteiger partial charge in [0.1, 0.15) is 5.75 Å². The van der Waals surface area contributed by atoms with Crippen molar-refractivity contribution < 1.29 is 9.66 Å². The van der Waals surface area contributed by atoms with E-state index in [1.807, 2.05) is 0 Å². The summed E-state index contributed by atoms with van der Waals surface area (Å²) in [5.41, 5.74) is 6.67. The lowest BCUT2D eigenvalue weighted by atomic mass is 10.3. The molecule has 0 radical (unpaired) electrons. The smallest absolute Gasteiger partial charge is 0.331 e. The molecule has 0 spiro atoms. The van der Waals surface area contributed by atoms with Gasteiger partial charge in [0.25, 0.3) is 5.88 Å². The number of pyridine rings is 1. The third kappa shape index (κ3) is 2.54. The number of anilines is 1. The molecule has 0 saturated heterocycles. The van der Waals surface area contributed by atoms with Crippen LogP contribution in [0.3, 0.4) is 0 Å². The first-order valence-electron chi connectivity index (χ1n) is 5.20. The molecule has 18 heavy (non-hydrogen) atoms. The van der Waals surface area contributed by atoms with Crippen LogP contribution in [0.1, 0.15) is 5.56 Å². The molecule has 0 aliphatic carbocycles. The third-order valence-corrected chi connectivity index (χ3v) is 2.26. The van der Waals surface area contributed by atoms with Gasteiger partial charge >= 0.3 is 5.69 Å². The Kier molecular flexibility index (Phi) is 3.09. The summed E-state index contributed by atoms with van der Waals surface area (Å²) < 4.78 is 5.37. The molecule has 0 unspecified atom stereocenters. The van der Waals surface area contributed by atoms with Crippen LogP contribution in [0.5, 0.6) is 11.6 Å². The monoisotopic (exact) mass is 245 g/mol. The number of nitrogen functional groups attached to an aromatic ring is 1. The highest BCUT2D eigenvalue weighted by Gasteiger charge is 2.17. The number of benzene rings is 1. The van der Waals surface area contributed by atoms with Crippen molar-refractivity contribution in [3.05, 3.63) is 52.2 Å². The Morgan fingerprint density at radius 2 is 2.00 bits per heavy atom. The van der Waals surface area contributed by atoms with E-state index in [1.54, 1.807) is 31.2 Å². The number of hydrogen-bond donors (Lipinski definition) is 1. The van der Waals surface area contributed by atoms with E-state index in [4.69, 9.17) is 10.5 Å². The van der Waals surface area contributed by atoms with Gasteiger partial charge in [0.05, 0.1) is 4.92 Å². The first-order valence-corrected chi connectivity index (χ1v) is 5.20. The molecule has 0 aliphatic rings. The second kappa shape index (κ2) is 4.70. The first-order chi connectivity index (χ1) is 8.56. The van der Waals surface area contributed by atoms with Crippen LogP contribution in [0, 0.1) is 17.0 Å². The minimum atomic E-state index is -0.521. The van der Waals surface area contributed by atoms with E-state index < -0.39 is 4.92 Å². The molecule has 0 fully saturated rings. The Balaban J connectivity index is 2.34. The highest BCUT2D eigenvalue weighted by Crippen LogP contribution is 2.29. The van der Waals surface area contributed by atoms with Crippen LogP contribution in [-0.4, -0.2) is 9.91 Å². The first kappa shape index (κ1) is 11.8. The van der Waals surface area contributed by atoms with Crippen molar-refractivity contribution in [3.63, 3.8) is 0 Å². The summed E-state index contributed by atoms with van der Waals surface area (Å²) in [5, 5.41) is 10.9. The second-order valence-corrected chi connectivity index (χ2v) is 3.77. The van der Waals surface area contributed by atoms with Crippen LogP contribution < -0.4 is 10.5 Å². The van der Waals surface area contributed by atoms with E-state index in [9.17, 15) is 10.1 Å². The van der Waals surface area contributed by atoms with Gasteiger partial charge in [0.2, 0.25) is 0 Å². The average Bonchev–Trinajstić information content (AvgIpc) is 2.34. The molecular weight excluding hydrogens is 234 g/mol. The molecule has 0 aliphatic heterocycles. The number of aryl methyl sites for hydroxylation is 1. The Bertz CT molecular complexity index is 582. The van der Waals surface area contributed by atoms with E-state index in [1.165, 1.54) is 12.3 Å². The quantitative estimate of drug-likeness (QED) is 0.510. The van der Waals surface area contributed by atoms with Crippen LogP contribution in [0.2, 0.25) is 0 Å². The number of hydrogen-bond acceptors (Lipinski definition) is 5. The van der Waals surface area contributed by atoms with Gasteiger partial charge < -0.3 is 10.5 Å². The Hall–Kier alpha value is -2.63. The van der Waals surface area contributed by atoms with Gasteiger partial charge in [-0.05, 0) is 36.8 Å². The van der Waals surface area contributed by atoms with Gasteiger partial charge in [-0.25, -0.2) is 4.98 Å². The summed E-state index contributed by atoms with van der Waals surface area (Å²) in [7, 11) is 0. The van der Waals surface area contributed by atoms with E-state index in [0.717, 1.165) is 0 Å². The number of nitro groups is 1. The lowest BCUT2D eigenvalue weighted by Crippen LogP contribution is -1.96. The van der Waals surface area contributed by atoms with Crippen molar-refractivity contribution in [2.75, 3.05) is 5.73 Å². The van der Waals surface area contributed by atoms with Crippen LogP contribution >= 0.6 is 0 Å². The molecule has 0 amide bonds. The fourth-order valence-corrected chi connectivity index (χ4v) is 1.40. The van der Waals surface area contributed by atoms with E-state index in [-0.39, 0.29) is 11.6 Å². The molecule has 1 aromatic heterocycles. The molecule has 92 valence electrons. The fraction of sp³-hybridized carbons (Fsp3) is 0.0833. The van der Waals surface area contributed by atoms with E-state index in [2.05, 4.69) is 4.98 Å². The lowest BCUT2D eigenvalue weighted by Gasteiger charge is -2.05. The molecular formula is C12H11N3O3. The van der Waals surface area contributed by atoms with Gasteiger partial charge in [0.15, 0.2) is 0 Å². The maximum Gasteiger partial charge on any atom is 0.331 e. The molecule has 0 bridgehead atoms. The van der Waals surface area contributed by atoms with Crippen molar-refractivity contribution in [1.82, 2.24) is 4.98 Å². The van der Waals surface area contributed by atoms with Gasteiger partial charge in [-0.2, -0.15) is 0 Å². The topological polar surface area (TPSA) is 91.3 Å². The molecule has 6 nitrogen and oxygen atoms in total. The zero-order chi connectivity index (χ0) is 13.1. The Labute approximate surface area is 103 Å². The second-order valence-electron chi connectivity index (χ2n) is 3.77. The molecule has 6 heteroatoms. The highest BCUT2D eigenvalue weighted by molar-refractivity contribution is 5.47. The third-order valence-electron chi connectivity index (χ3n) is 2.26. The number of nitrogens with zero attached hydrogens (tertiary/aromatic N) is 2. The van der Waals surface area contributed by atoms with Crippen LogP contribution in [0.25, 0.3) is 0 Å². The van der Waals surface area contributed by atoms with Crippen molar-refractivity contribution >= 4 is 11.4 Å². The predicted molar refractivity (Wildman–Crippen MR) is 66.6 cm³/mol. The number of nitrogens with two attached hydrogens (primary N) is 1.